The van der Waals surface area contributed by atoms with E-state index >= 15 is 0 Å². The minimum absolute atomic E-state index is 0.0192. The number of hydrogen-bond acceptors (Lipinski definition) is 4. The molecule has 1 aliphatic rings. The highest BCUT2D eigenvalue weighted by molar-refractivity contribution is 9.10. The van der Waals surface area contributed by atoms with Crippen LogP contribution in [0.3, 0.4) is 0 Å². The van der Waals surface area contributed by atoms with Crippen LogP contribution in [0.25, 0.3) is 0 Å². The lowest BCUT2D eigenvalue weighted by atomic mass is 10.2. The van der Waals surface area contributed by atoms with E-state index in [0.29, 0.717) is 29.1 Å². The van der Waals surface area contributed by atoms with Crippen molar-refractivity contribution in [2.75, 3.05) is 13.2 Å². The molecule has 0 unspecified atom stereocenters. The molecule has 0 bridgehead atoms. The fourth-order valence-electron chi connectivity index (χ4n) is 1.32. The Kier molecular flexibility index (Phi) is 2.68. The number of nitrogens with zero attached hydrogens (tertiary/aromatic N) is 2. The largest absolute Gasteiger partial charge is 0.475 e. The number of benzene rings is 1. The average molecular weight is 271 g/mol. The van der Waals surface area contributed by atoms with Crippen molar-refractivity contribution in [1.82, 2.24) is 0 Å². The first kappa shape index (κ1) is 10.1. The lowest BCUT2D eigenvalue weighted by Crippen LogP contribution is -2.03. The van der Waals surface area contributed by atoms with Gasteiger partial charge in [0.25, 0.3) is 5.69 Å². The molecule has 78 valence electrons. The Labute approximate surface area is 94.0 Å². The van der Waals surface area contributed by atoms with Crippen LogP contribution >= 0.6 is 15.9 Å². The van der Waals surface area contributed by atoms with Gasteiger partial charge < -0.3 is 4.74 Å². The van der Waals surface area contributed by atoms with E-state index in [0.717, 1.165) is 0 Å². The van der Waals surface area contributed by atoms with Crippen molar-refractivity contribution in [3.05, 3.63) is 38.3 Å². The summed E-state index contributed by atoms with van der Waals surface area (Å²) in [4.78, 5) is 14.4. The van der Waals surface area contributed by atoms with Gasteiger partial charge in [0.2, 0.25) is 5.90 Å². The predicted molar refractivity (Wildman–Crippen MR) is 58.2 cm³/mol. The molecular formula is C9H7BrN2O3. The first-order valence-electron chi connectivity index (χ1n) is 4.30. The Bertz CT molecular complexity index is 445. The van der Waals surface area contributed by atoms with Gasteiger partial charge in [0.1, 0.15) is 11.1 Å². The van der Waals surface area contributed by atoms with Crippen LogP contribution in [0, 0.1) is 10.1 Å². The second-order valence-corrected chi connectivity index (χ2v) is 3.72. The van der Waals surface area contributed by atoms with Crippen LogP contribution in [0.4, 0.5) is 5.69 Å². The molecule has 0 saturated heterocycles. The van der Waals surface area contributed by atoms with Crippen molar-refractivity contribution in [2.45, 2.75) is 0 Å². The molecule has 6 heteroatoms. The number of aliphatic imine (C=N–C) groups is 1. The van der Waals surface area contributed by atoms with Crippen molar-refractivity contribution in [2.24, 2.45) is 4.99 Å². The maximum atomic E-state index is 10.7. The number of halogens is 1. The van der Waals surface area contributed by atoms with Gasteiger partial charge in [-0.15, -0.1) is 0 Å². The molecule has 2 rings (SSSR count). The van der Waals surface area contributed by atoms with E-state index in [2.05, 4.69) is 20.9 Å². The van der Waals surface area contributed by atoms with Gasteiger partial charge >= 0.3 is 0 Å². The van der Waals surface area contributed by atoms with Gasteiger partial charge in [-0.3, -0.25) is 10.1 Å². The second-order valence-electron chi connectivity index (χ2n) is 2.93. The highest BCUT2D eigenvalue weighted by Gasteiger charge is 2.20. The fraction of sp³-hybridized carbons (Fsp3) is 0.222. The van der Waals surface area contributed by atoms with Crippen molar-refractivity contribution < 1.29 is 9.66 Å². The third-order valence-corrected chi connectivity index (χ3v) is 2.82. The Hall–Kier alpha value is -1.43. The summed E-state index contributed by atoms with van der Waals surface area (Å²) in [5.41, 5.74) is 0.646. The summed E-state index contributed by atoms with van der Waals surface area (Å²) in [7, 11) is 0. The first-order chi connectivity index (χ1) is 7.20. The maximum Gasteiger partial charge on any atom is 0.284 e. The van der Waals surface area contributed by atoms with Gasteiger partial charge in [0.15, 0.2) is 0 Å². The molecular weight excluding hydrogens is 264 g/mol. The molecule has 0 radical (unpaired) electrons. The lowest BCUT2D eigenvalue weighted by Gasteiger charge is -2.04. The SMILES string of the molecule is O=[N+]([O-])c1cccc(C2=NCCO2)c1Br. The third kappa shape index (κ3) is 1.85. The molecule has 0 aliphatic carbocycles. The lowest BCUT2D eigenvalue weighted by molar-refractivity contribution is -0.385. The van der Waals surface area contributed by atoms with Crippen molar-refractivity contribution >= 4 is 27.5 Å². The minimum Gasteiger partial charge on any atom is -0.475 e. The molecule has 1 aromatic rings. The first-order valence-corrected chi connectivity index (χ1v) is 5.10. The van der Waals surface area contributed by atoms with Crippen molar-refractivity contribution in [3.8, 4) is 0 Å². The van der Waals surface area contributed by atoms with Gasteiger partial charge in [-0.1, -0.05) is 6.07 Å². The van der Waals surface area contributed by atoms with E-state index in [1.54, 1.807) is 12.1 Å². The smallest absolute Gasteiger partial charge is 0.284 e. The van der Waals surface area contributed by atoms with Crippen LogP contribution in [0.2, 0.25) is 0 Å². The standard InChI is InChI=1S/C9H7BrN2O3/c10-8-6(9-11-4-5-15-9)2-1-3-7(8)12(13)14/h1-3H,4-5H2. The Morgan fingerprint density at radius 2 is 2.33 bits per heavy atom. The van der Waals surface area contributed by atoms with Gasteiger partial charge in [-0.05, 0) is 22.0 Å². The van der Waals surface area contributed by atoms with E-state index in [-0.39, 0.29) is 5.69 Å². The molecule has 1 aromatic carbocycles. The zero-order valence-electron chi connectivity index (χ0n) is 7.64. The average Bonchev–Trinajstić information content (AvgIpc) is 2.70. The van der Waals surface area contributed by atoms with E-state index in [1.807, 2.05) is 0 Å². The zero-order valence-corrected chi connectivity index (χ0v) is 9.23. The van der Waals surface area contributed by atoms with Crippen molar-refractivity contribution in [3.63, 3.8) is 0 Å². The van der Waals surface area contributed by atoms with Gasteiger partial charge in [0.05, 0.1) is 17.0 Å². The number of nitro benzene ring substituents is 1. The van der Waals surface area contributed by atoms with E-state index in [4.69, 9.17) is 4.74 Å². The Morgan fingerprint density at radius 1 is 1.53 bits per heavy atom. The summed E-state index contributed by atoms with van der Waals surface area (Å²) >= 11 is 3.19. The number of hydrogen-bond donors (Lipinski definition) is 0. The number of ether oxygens (including phenoxy) is 1. The molecule has 0 fully saturated rings. The second kappa shape index (κ2) is 3.98. The molecule has 0 saturated carbocycles. The summed E-state index contributed by atoms with van der Waals surface area (Å²) in [6.45, 7) is 1.13. The van der Waals surface area contributed by atoms with E-state index < -0.39 is 4.92 Å². The monoisotopic (exact) mass is 270 g/mol. The summed E-state index contributed by atoms with van der Waals surface area (Å²) in [6.07, 6.45) is 0. The van der Waals surface area contributed by atoms with Crippen LogP contribution < -0.4 is 0 Å². The van der Waals surface area contributed by atoms with Crippen molar-refractivity contribution in [1.29, 1.82) is 0 Å². The number of nitro groups is 1. The maximum absolute atomic E-state index is 10.7. The minimum atomic E-state index is -0.441. The quantitative estimate of drug-likeness (QED) is 0.611. The molecule has 0 aromatic heterocycles. The predicted octanol–water partition coefficient (Wildman–Crippen LogP) is 2.13. The van der Waals surface area contributed by atoms with Crippen LogP contribution in [-0.4, -0.2) is 24.0 Å². The Balaban J connectivity index is 2.48. The topological polar surface area (TPSA) is 64.7 Å². The zero-order chi connectivity index (χ0) is 10.8. The van der Waals surface area contributed by atoms with Gasteiger partial charge in [0, 0.05) is 6.07 Å². The third-order valence-electron chi connectivity index (χ3n) is 1.99. The van der Waals surface area contributed by atoms with Crippen LogP contribution in [0.15, 0.2) is 27.7 Å². The molecule has 0 N–H and O–H groups in total. The molecule has 1 heterocycles. The summed E-state index contributed by atoms with van der Waals surface area (Å²) < 4.78 is 5.66. The highest BCUT2D eigenvalue weighted by atomic mass is 79.9. The summed E-state index contributed by atoms with van der Waals surface area (Å²) in [5.74, 6) is 0.463. The molecule has 15 heavy (non-hydrogen) atoms. The fourth-order valence-corrected chi connectivity index (χ4v) is 1.90. The summed E-state index contributed by atoms with van der Waals surface area (Å²) in [6, 6.07) is 4.78. The van der Waals surface area contributed by atoms with Crippen LogP contribution in [0.5, 0.6) is 0 Å². The molecule has 5 nitrogen and oxygen atoms in total. The van der Waals surface area contributed by atoms with Crippen LogP contribution in [0.1, 0.15) is 5.56 Å². The Morgan fingerprint density at radius 3 is 2.93 bits per heavy atom. The van der Waals surface area contributed by atoms with E-state index in [1.165, 1.54) is 6.07 Å². The molecule has 1 aliphatic heterocycles. The van der Waals surface area contributed by atoms with Gasteiger partial charge in [-0.2, -0.15) is 0 Å². The summed E-state index contributed by atoms with van der Waals surface area (Å²) in [5, 5.41) is 10.7. The molecule has 0 amide bonds. The normalized spacial score (nSPS) is 14.6. The number of rotatable bonds is 2. The van der Waals surface area contributed by atoms with Crippen LogP contribution in [-0.2, 0) is 4.74 Å². The van der Waals surface area contributed by atoms with Gasteiger partial charge in [-0.25, -0.2) is 4.99 Å². The highest BCUT2D eigenvalue weighted by Crippen LogP contribution is 2.29. The van der Waals surface area contributed by atoms with E-state index in [9.17, 15) is 10.1 Å². The molecule has 0 spiro atoms. The molecule has 0 atom stereocenters.